The van der Waals surface area contributed by atoms with Gasteiger partial charge in [0, 0.05) is 11.8 Å². The molecule has 7 heteroatoms. The topological polar surface area (TPSA) is 78.0 Å². The summed E-state index contributed by atoms with van der Waals surface area (Å²) in [6.07, 6.45) is 0. The number of halogens is 1. The van der Waals surface area contributed by atoms with E-state index in [2.05, 4.69) is 15.5 Å². The standard InChI is InChI=1S/C11H8FN3O2S/c12-6-2-1-3-7(4-6)13-9-5-8(11(16)17)10(18)15-14-9/h1-5H,(H,13,14)(H,15,18)(H,16,17). The summed E-state index contributed by atoms with van der Waals surface area (Å²) in [6, 6.07) is 7.02. The van der Waals surface area contributed by atoms with Crippen LogP contribution in [-0.2, 0) is 0 Å². The van der Waals surface area contributed by atoms with Gasteiger partial charge in [0.2, 0.25) is 0 Å². The van der Waals surface area contributed by atoms with Crippen LogP contribution in [0.5, 0.6) is 0 Å². The number of aromatic amines is 1. The van der Waals surface area contributed by atoms with Crippen LogP contribution >= 0.6 is 12.2 Å². The second-order valence-corrected chi connectivity index (χ2v) is 3.84. The zero-order chi connectivity index (χ0) is 13.1. The van der Waals surface area contributed by atoms with E-state index in [-0.39, 0.29) is 16.0 Å². The van der Waals surface area contributed by atoms with E-state index >= 15 is 0 Å². The monoisotopic (exact) mass is 265 g/mol. The molecule has 92 valence electrons. The summed E-state index contributed by atoms with van der Waals surface area (Å²) in [7, 11) is 0. The van der Waals surface area contributed by atoms with Crippen molar-refractivity contribution in [2.75, 3.05) is 5.32 Å². The first-order valence-electron chi connectivity index (χ1n) is 4.92. The van der Waals surface area contributed by atoms with Crippen molar-refractivity contribution in [3.05, 3.63) is 46.4 Å². The zero-order valence-electron chi connectivity index (χ0n) is 8.98. The third kappa shape index (κ3) is 2.69. The van der Waals surface area contributed by atoms with Crippen molar-refractivity contribution in [1.82, 2.24) is 10.2 Å². The average Bonchev–Trinajstić information content (AvgIpc) is 2.31. The Kier molecular flexibility index (Phi) is 3.33. The number of H-pyrrole nitrogens is 1. The van der Waals surface area contributed by atoms with E-state index < -0.39 is 11.8 Å². The van der Waals surface area contributed by atoms with E-state index in [0.29, 0.717) is 5.69 Å². The van der Waals surface area contributed by atoms with Crippen LogP contribution in [-0.4, -0.2) is 21.3 Å². The molecule has 1 aromatic heterocycles. The van der Waals surface area contributed by atoms with Crippen molar-refractivity contribution >= 4 is 29.7 Å². The molecule has 0 fully saturated rings. The lowest BCUT2D eigenvalue weighted by molar-refractivity contribution is 0.0695. The molecule has 1 heterocycles. The van der Waals surface area contributed by atoms with Gasteiger partial charge >= 0.3 is 5.97 Å². The molecule has 0 aliphatic rings. The fourth-order valence-electron chi connectivity index (χ4n) is 1.34. The summed E-state index contributed by atoms with van der Waals surface area (Å²) in [5.41, 5.74) is 0.392. The summed E-state index contributed by atoms with van der Waals surface area (Å²) in [5.74, 6) is -1.31. The average molecular weight is 265 g/mol. The Morgan fingerprint density at radius 1 is 1.44 bits per heavy atom. The molecular formula is C11H8FN3O2S. The van der Waals surface area contributed by atoms with Crippen molar-refractivity contribution in [3.63, 3.8) is 0 Å². The first-order chi connectivity index (χ1) is 8.56. The molecule has 0 aliphatic heterocycles. The van der Waals surface area contributed by atoms with Crippen LogP contribution in [0.3, 0.4) is 0 Å². The predicted octanol–water partition coefficient (Wildman–Crippen LogP) is 2.72. The molecule has 0 spiro atoms. The molecule has 1 aromatic carbocycles. The van der Waals surface area contributed by atoms with Gasteiger partial charge in [-0.05, 0) is 18.2 Å². The maximum Gasteiger partial charge on any atom is 0.338 e. The maximum atomic E-state index is 13.0. The third-order valence-corrected chi connectivity index (χ3v) is 2.44. The number of aromatic carboxylic acids is 1. The number of hydrogen-bond acceptors (Lipinski definition) is 4. The molecule has 3 N–H and O–H groups in total. The van der Waals surface area contributed by atoms with E-state index in [0.717, 1.165) is 0 Å². The molecule has 0 saturated carbocycles. The predicted molar refractivity (Wildman–Crippen MR) is 66.1 cm³/mol. The van der Waals surface area contributed by atoms with E-state index in [4.69, 9.17) is 17.3 Å². The first-order valence-corrected chi connectivity index (χ1v) is 5.33. The van der Waals surface area contributed by atoms with Gasteiger partial charge in [-0.2, -0.15) is 5.10 Å². The van der Waals surface area contributed by atoms with Gasteiger partial charge in [0.05, 0.1) is 5.56 Å². The van der Waals surface area contributed by atoms with Gasteiger partial charge in [0.1, 0.15) is 10.5 Å². The van der Waals surface area contributed by atoms with Crippen molar-refractivity contribution in [2.24, 2.45) is 0 Å². The van der Waals surface area contributed by atoms with Crippen LogP contribution in [0.2, 0.25) is 0 Å². The highest BCUT2D eigenvalue weighted by molar-refractivity contribution is 7.71. The van der Waals surface area contributed by atoms with Crippen LogP contribution in [0, 0.1) is 10.5 Å². The molecular weight excluding hydrogens is 257 g/mol. The van der Waals surface area contributed by atoms with Gasteiger partial charge in [-0.1, -0.05) is 18.3 Å². The normalized spacial score (nSPS) is 10.1. The number of carbonyl (C=O) groups is 1. The van der Waals surface area contributed by atoms with E-state index in [1.165, 1.54) is 24.3 Å². The van der Waals surface area contributed by atoms with Crippen molar-refractivity contribution in [2.45, 2.75) is 0 Å². The molecule has 18 heavy (non-hydrogen) atoms. The zero-order valence-corrected chi connectivity index (χ0v) is 9.79. The number of nitrogens with one attached hydrogen (secondary N) is 2. The summed E-state index contributed by atoms with van der Waals surface area (Å²) in [6.45, 7) is 0. The largest absolute Gasteiger partial charge is 0.478 e. The first kappa shape index (κ1) is 12.2. The van der Waals surface area contributed by atoms with Gasteiger partial charge in [0.25, 0.3) is 0 Å². The van der Waals surface area contributed by atoms with Gasteiger partial charge in [-0.25, -0.2) is 9.18 Å². The summed E-state index contributed by atoms with van der Waals surface area (Å²) in [5, 5.41) is 17.9. The molecule has 0 radical (unpaired) electrons. The maximum absolute atomic E-state index is 13.0. The van der Waals surface area contributed by atoms with Crippen LogP contribution in [0.25, 0.3) is 0 Å². The smallest absolute Gasteiger partial charge is 0.338 e. The van der Waals surface area contributed by atoms with E-state index in [1.807, 2.05) is 0 Å². The minimum Gasteiger partial charge on any atom is -0.478 e. The summed E-state index contributed by atoms with van der Waals surface area (Å²) in [4.78, 5) is 10.9. The number of aromatic nitrogens is 2. The number of hydrogen-bond donors (Lipinski definition) is 3. The van der Waals surface area contributed by atoms with Crippen molar-refractivity contribution in [3.8, 4) is 0 Å². The lowest BCUT2D eigenvalue weighted by atomic mass is 10.3. The number of carboxylic acids is 1. The highest BCUT2D eigenvalue weighted by Gasteiger charge is 2.08. The molecule has 0 bridgehead atoms. The number of anilines is 2. The molecule has 5 nitrogen and oxygen atoms in total. The summed E-state index contributed by atoms with van der Waals surface area (Å²) < 4.78 is 13.0. The second kappa shape index (κ2) is 4.92. The molecule has 0 saturated heterocycles. The molecule has 0 aliphatic carbocycles. The molecule has 0 amide bonds. The Labute approximate surface area is 106 Å². The minimum absolute atomic E-state index is 0.0345. The van der Waals surface area contributed by atoms with Crippen LogP contribution in [0.4, 0.5) is 15.9 Å². The molecule has 0 unspecified atom stereocenters. The van der Waals surface area contributed by atoms with E-state index in [1.54, 1.807) is 6.07 Å². The van der Waals surface area contributed by atoms with Crippen LogP contribution < -0.4 is 5.32 Å². The molecule has 0 atom stereocenters. The molecule has 2 aromatic rings. The second-order valence-electron chi connectivity index (χ2n) is 3.44. The fourth-order valence-corrected chi connectivity index (χ4v) is 1.53. The number of carboxylic acid groups (broad SMARTS) is 1. The van der Waals surface area contributed by atoms with Gasteiger partial charge in [0.15, 0.2) is 5.82 Å². The Hall–Kier alpha value is -2.28. The lowest BCUT2D eigenvalue weighted by Gasteiger charge is -2.05. The molecule has 2 rings (SSSR count). The van der Waals surface area contributed by atoms with E-state index in [9.17, 15) is 9.18 Å². The number of nitrogens with zero attached hydrogens (tertiary/aromatic N) is 1. The quantitative estimate of drug-likeness (QED) is 0.744. The van der Waals surface area contributed by atoms with Gasteiger partial charge in [-0.15, -0.1) is 0 Å². The third-order valence-electron chi connectivity index (χ3n) is 2.13. The van der Waals surface area contributed by atoms with Gasteiger partial charge < -0.3 is 10.4 Å². The van der Waals surface area contributed by atoms with Gasteiger partial charge in [-0.3, -0.25) is 5.10 Å². The SMILES string of the molecule is O=C(O)c1cc(Nc2cccc(F)c2)n[nH]c1=S. The summed E-state index contributed by atoms with van der Waals surface area (Å²) >= 11 is 4.79. The number of rotatable bonds is 3. The fraction of sp³-hybridized carbons (Fsp3) is 0. The highest BCUT2D eigenvalue weighted by Crippen LogP contribution is 2.16. The lowest BCUT2D eigenvalue weighted by Crippen LogP contribution is -2.03. The Balaban J connectivity index is 2.33. The van der Waals surface area contributed by atoms with Crippen LogP contribution in [0.1, 0.15) is 10.4 Å². The number of benzene rings is 1. The van der Waals surface area contributed by atoms with Crippen molar-refractivity contribution < 1.29 is 14.3 Å². The Morgan fingerprint density at radius 3 is 2.89 bits per heavy atom. The minimum atomic E-state index is -1.15. The Bertz CT molecular complexity index is 657. The van der Waals surface area contributed by atoms with Crippen LogP contribution in [0.15, 0.2) is 30.3 Å². The highest BCUT2D eigenvalue weighted by atomic mass is 32.1. The van der Waals surface area contributed by atoms with Crippen molar-refractivity contribution in [1.29, 1.82) is 0 Å². The Morgan fingerprint density at radius 2 is 2.22 bits per heavy atom.